The highest BCUT2D eigenvalue weighted by atomic mass is 19.4. The van der Waals surface area contributed by atoms with Gasteiger partial charge in [-0.2, -0.15) is 13.2 Å². The van der Waals surface area contributed by atoms with Gasteiger partial charge in [0, 0.05) is 48.9 Å². The van der Waals surface area contributed by atoms with Gasteiger partial charge in [-0.3, -0.25) is 14.7 Å². The molecule has 0 bridgehead atoms. The van der Waals surface area contributed by atoms with E-state index in [1.165, 1.54) is 12.1 Å². The number of nitrogens with zero attached hydrogens (tertiary/aromatic N) is 3. The fourth-order valence-electron chi connectivity index (χ4n) is 5.27. The van der Waals surface area contributed by atoms with E-state index >= 15 is 4.39 Å². The number of alkyl halides is 3. The number of nitrogens with one attached hydrogen (secondary N) is 1. The molecule has 0 unspecified atom stereocenters. The number of halogens is 4. The van der Waals surface area contributed by atoms with Crippen LogP contribution in [0.5, 0.6) is 11.5 Å². The van der Waals surface area contributed by atoms with E-state index in [4.69, 9.17) is 14.0 Å². The summed E-state index contributed by atoms with van der Waals surface area (Å²) >= 11 is 0. The number of likely N-dealkylation sites (tertiary alicyclic amines) is 1. The average molecular weight is 645 g/mol. The molecule has 2 aromatic carbocycles. The molecule has 0 saturated carbocycles. The van der Waals surface area contributed by atoms with E-state index in [1.807, 2.05) is 19.1 Å². The molecule has 1 aliphatic rings. The minimum Gasteiger partial charge on any atom is -0.493 e. The van der Waals surface area contributed by atoms with Crippen LogP contribution in [0.2, 0.25) is 0 Å². The molecule has 0 aliphatic carbocycles. The second-order valence-corrected chi connectivity index (χ2v) is 12.1. The molecule has 5 rings (SSSR count). The van der Waals surface area contributed by atoms with Crippen molar-refractivity contribution in [3.63, 3.8) is 0 Å². The van der Waals surface area contributed by atoms with E-state index in [-0.39, 0.29) is 29.8 Å². The number of ether oxygens (including phenoxy) is 2. The summed E-state index contributed by atoms with van der Waals surface area (Å²) in [5.41, 5.74) is -0.378. The lowest BCUT2D eigenvalue weighted by atomic mass is 9.89. The normalized spacial score (nSPS) is 17.7. The quantitative estimate of drug-likeness (QED) is 0.198. The van der Waals surface area contributed by atoms with E-state index < -0.39 is 29.1 Å². The molecule has 246 valence electrons. The van der Waals surface area contributed by atoms with Crippen LogP contribution >= 0.6 is 0 Å². The molecular formula is C33H36F4N4O5. The third-order valence-corrected chi connectivity index (χ3v) is 8.42. The zero-order chi connectivity index (χ0) is 33.2. The molecular weight excluding hydrogens is 608 g/mol. The van der Waals surface area contributed by atoms with Crippen LogP contribution in [0.1, 0.15) is 38.5 Å². The van der Waals surface area contributed by atoms with Crippen molar-refractivity contribution < 1.29 is 41.5 Å². The number of carbonyl (C=O) groups excluding carboxylic acids is 1. The zero-order valence-electron chi connectivity index (χ0n) is 25.9. The van der Waals surface area contributed by atoms with Gasteiger partial charge < -0.3 is 24.4 Å². The molecule has 2 atom stereocenters. The lowest BCUT2D eigenvalue weighted by Gasteiger charge is -2.34. The highest BCUT2D eigenvalue weighted by Crippen LogP contribution is 2.41. The molecule has 46 heavy (non-hydrogen) atoms. The number of aromatic nitrogens is 2. The Morgan fingerprint density at radius 1 is 1.13 bits per heavy atom. The summed E-state index contributed by atoms with van der Waals surface area (Å²) < 4.78 is 71.4. The van der Waals surface area contributed by atoms with Crippen LogP contribution in [-0.4, -0.2) is 71.7 Å². The Morgan fingerprint density at radius 2 is 1.91 bits per heavy atom. The van der Waals surface area contributed by atoms with Crippen molar-refractivity contribution in [2.45, 2.75) is 51.3 Å². The Morgan fingerprint density at radius 3 is 2.61 bits per heavy atom. The van der Waals surface area contributed by atoms with E-state index in [1.54, 1.807) is 25.4 Å². The van der Waals surface area contributed by atoms with Crippen molar-refractivity contribution in [2.24, 2.45) is 5.92 Å². The number of pyridine rings is 1. The molecule has 1 fully saturated rings. The molecule has 4 aromatic rings. The Labute approximate surface area is 263 Å². The highest BCUT2D eigenvalue weighted by Gasteiger charge is 2.51. The number of hydrogen-bond acceptors (Lipinski definition) is 8. The molecule has 2 aromatic heterocycles. The zero-order valence-corrected chi connectivity index (χ0v) is 25.9. The summed E-state index contributed by atoms with van der Waals surface area (Å²) in [6.07, 6.45) is -2.88. The predicted octanol–water partition coefficient (Wildman–Crippen LogP) is 6.14. The number of piperidine rings is 1. The second kappa shape index (κ2) is 13.2. The summed E-state index contributed by atoms with van der Waals surface area (Å²) in [6.45, 7) is 6.67. The Balaban J connectivity index is 1.25. The van der Waals surface area contributed by atoms with Gasteiger partial charge in [0.1, 0.15) is 17.8 Å². The minimum absolute atomic E-state index is 0.0902. The van der Waals surface area contributed by atoms with Gasteiger partial charge in [-0.1, -0.05) is 24.2 Å². The van der Waals surface area contributed by atoms with Gasteiger partial charge in [-0.05, 0) is 55.5 Å². The van der Waals surface area contributed by atoms with Crippen LogP contribution in [0.25, 0.3) is 22.0 Å². The van der Waals surface area contributed by atoms with Crippen molar-refractivity contribution in [1.82, 2.24) is 15.0 Å². The lowest BCUT2D eigenvalue weighted by molar-refractivity contribution is -0.185. The summed E-state index contributed by atoms with van der Waals surface area (Å²) in [6, 6.07) is 10.9. The predicted molar refractivity (Wildman–Crippen MR) is 163 cm³/mol. The third-order valence-electron chi connectivity index (χ3n) is 8.42. The monoisotopic (exact) mass is 644 g/mol. The van der Waals surface area contributed by atoms with E-state index in [2.05, 4.69) is 20.4 Å². The number of aliphatic hydroxyl groups excluding tert-OH is 1. The smallest absolute Gasteiger partial charge is 0.401 e. The molecule has 1 amide bonds. The number of methoxy groups -OCH3 is 1. The Kier molecular flexibility index (Phi) is 9.54. The van der Waals surface area contributed by atoms with E-state index in [9.17, 15) is 23.1 Å². The molecule has 0 radical (unpaired) electrons. The molecule has 2 N–H and O–H groups in total. The summed E-state index contributed by atoms with van der Waals surface area (Å²) in [5.74, 6) is -0.664. The maximum absolute atomic E-state index is 15.1. The maximum atomic E-state index is 15.1. The van der Waals surface area contributed by atoms with Gasteiger partial charge in [-0.15, -0.1) is 0 Å². The van der Waals surface area contributed by atoms with E-state index in [0.29, 0.717) is 41.3 Å². The first-order valence-corrected chi connectivity index (χ1v) is 14.9. The fourth-order valence-corrected chi connectivity index (χ4v) is 5.27. The highest BCUT2D eigenvalue weighted by molar-refractivity contribution is 5.91. The Bertz CT molecular complexity index is 1710. The third kappa shape index (κ3) is 7.26. The molecule has 0 spiro atoms. The fraction of sp³-hybridized carbons (Fsp3) is 0.424. The largest absolute Gasteiger partial charge is 0.493 e. The molecule has 9 nitrogen and oxygen atoms in total. The Hall–Kier alpha value is -4.23. The second-order valence-electron chi connectivity index (χ2n) is 12.1. The molecule has 13 heteroatoms. The van der Waals surface area contributed by atoms with Gasteiger partial charge in [0.05, 0.1) is 25.2 Å². The first-order valence-electron chi connectivity index (χ1n) is 14.9. The number of benzene rings is 2. The van der Waals surface area contributed by atoms with Gasteiger partial charge in [0.25, 0.3) is 0 Å². The molecule has 3 heterocycles. The lowest BCUT2D eigenvalue weighted by Crippen LogP contribution is -2.43. The number of anilines is 1. The number of rotatable bonds is 10. The number of hydrogen-bond donors (Lipinski definition) is 2. The van der Waals surface area contributed by atoms with Gasteiger partial charge >= 0.3 is 6.18 Å². The topological polar surface area (TPSA) is 110 Å². The van der Waals surface area contributed by atoms with Crippen LogP contribution in [0.4, 0.5) is 23.4 Å². The number of amides is 1. The first-order chi connectivity index (χ1) is 21.7. The number of aliphatic hydroxyl groups is 1. The average Bonchev–Trinajstić information content (AvgIpc) is 3.48. The standard InChI is InChI=1S/C33H36F4N4O5/c1-19-18-41(8-7-26(19)42)9-10-45-28-13-22-11-23(17-38-25(22)15-27(28)44-4)20-5-6-21(24(34)12-20)14-31(43)39-30-16-29(46-40-30)32(2,3)33(35,36)37/h5-6,11-13,15-17,19,26,42H,7-10,14,18H2,1-4H3,(H,39,40,43)/t19-,26-/m0/s1. The number of fused-ring (bicyclic) bond motifs is 1. The van der Waals surface area contributed by atoms with Gasteiger partial charge in [0.2, 0.25) is 5.91 Å². The van der Waals surface area contributed by atoms with Gasteiger partial charge in [-0.25, -0.2) is 4.39 Å². The van der Waals surface area contributed by atoms with Crippen LogP contribution in [0.15, 0.2) is 53.2 Å². The van der Waals surface area contributed by atoms with Crippen molar-refractivity contribution >= 4 is 22.6 Å². The van der Waals surface area contributed by atoms with Crippen molar-refractivity contribution in [1.29, 1.82) is 0 Å². The van der Waals surface area contributed by atoms with Crippen LogP contribution in [-0.2, 0) is 16.6 Å². The van der Waals surface area contributed by atoms with Crippen molar-refractivity contribution in [3.05, 3.63) is 65.8 Å². The van der Waals surface area contributed by atoms with Crippen molar-refractivity contribution in [3.8, 4) is 22.6 Å². The molecule has 1 aliphatic heterocycles. The van der Waals surface area contributed by atoms with Crippen molar-refractivity contribution in [2.75, 3.05) is 38.7 Å². The maximum Gasteiger partial charge on any atom is 0.401 e. The first kappa shape index (κ1) is 33.1. The molecule has 1 saturated heterocycles. The number of carbonyl (C=O) groups is 1. The van der Waals surface area contributed by atoms with Gasteiger partial charge in [0.15, 0.2) is 23.1 Å². The van der Waals surface area contributed by atoms with Crippen LogP contribution < -0.4 is 14.8 Å². The van der Waals surface area contributed by atoms with Crippen LogP contribution in [0.3, 0.4) is 0 Å². The van der Waals surface area contributed by atoms with Crippen LogP contribution in [0, 0.1) is 11.7 Å². The SMILES string of the molecule is COc1cc2ncc(-c3ccc(CC(=O)Nc4cc(C(C)(C)C(F)(F)F)on4)c(F)c3)cc2cc1OCCN1CC[C@H](O)[C@@H](C)C1. The minimum atomic E-state index is -4.58. The summed E-state index contributed by atoms with van der Waals surface area (Å²) in [7, 11) is 1.55. The summed E-state index contributed by atoms with van der Waals surface area (Å²) in [4.78, 5) is 19.3. The van der Waals surface area contributed by atoms with E-state index in [0.717, 1.165) is 44.8 Å². The summed E-state index contributed by atoms with van der Waals surface area (Å²) in [5, 5.41) is 16.6.